The molecule has 8 nitrogen and oxygen atoms in total. The zero-order valence-corrected chi connectivity index (χ0v) is 23.2. The maximum atomic E-state index is 12.7. The Morgan fingerprint density at radius 2 is 1.92 bits per heavy atom. The number of aliphatic hydroxyl groups excluding tert-OH is 1. The number of piperidine rings is 1. The number of halogens is 1. The van der Waals surface area contributed by atoms with Gasteiger partial charge in [0.05, 0.1) is 0 Å². The van der Waals surface area contributed by atoms with Gasteiger partial charge >= 0.3 is 6.03 Å². The molecule has 0 aromatic heterocycles. The van der Waals surface area contributed by atoms with Crippen molar-refractivity contribution < 1.29 is 26.3 Å². The fourth-order valence-electron chi connectivity index (χ4n) is 5.67. The third-order valence-electron chi connectivity index (χ3n) is 7.78. The van der Waals surface area contributed by atoms with Crippen LogP contribution in [-0.4, -0.2) is 76.7 Å². The van der Waals surface area contributed by atoms with Crippen LogP contribution in [0.2, 0.25) is 0 Å². The Bertz CT molecular complexity index is 769. The molecule has 2 aliphatic carbocycles. The highest BCUT2D eigenvalue weighted by molar-refractivity contribution is 6.20. The minimum absolute atomic E-state index is 0. The number of carbonyl (C=O) groups excluding carboxylic acids is 1. The van der Waals surface area contributed by atoms with Crippen LogP contribution >= 0.6 is 11.6 Å². The van der Waals surface area contributed by atoms with E-state index in [4.69, 9.17) is 11.6 Å². The summed E-state index contributed by atoms with van der Waals surface area (Å²) < 4.78 is 0. The molecule has 2 amide bonds. The van der Waals surface area contributed by atoms with Crippen molar-refractivity contribution in [2.45, 2.75) is 78.6 Å². The maximum Gasteiger partial charge on any atom is 0.315 e. The van der Waals surface area contributed by atoms with Crippen LogP contribution in [0.4, 0.5) is 4.79 Å². The number of carbonyl (C=O) groups is 1. The summed E-state index contributed by atoms with van der Waals surface area (Å²) in [5.74, 6) is 1.08. The van der Waals surface area contributed by atoms with Gasteiger partial charge in [0.15, 0.2) is 0 Å². The van der Waals surface area contributed by atoms with Crippen LogP contribution in [0, 0.1) is 23.2 Å². The predicted molar refractivity (Wildman–Crippen MR) is 155 cm³/mol. The quantitative estimate of drug-likeness (QED) is 0.315. The van der Waals surface area contributed by atoms with E-state index < -0.39 is 0 Å². The number of allylic oxidation sites excluding steroid dienone is 5. The van der Waals surface area contributed by atoms with E-state index >= 15 is 0 Å². The van der Waals surface area contributed by atoms with E-state index in [1.165, 1.54) is 6.42 Å². The van der Waals surface area contributed by atoms with Gasteiger partial charge in [0.2, 0.25) is 0 Å². The average molecular weight is 548 g/mol. The summed E-state index contributed by atoms with van der Waals surface area (Å²) in [6.07, 6.45) is 13.7. The van der Waals surface area contributed by atoms with Crippen molar-refractivity contribution in [3.63, 3.8) is 0 Å². The fraction of sp³-hybridized carbons (Fsp3) is 0.750. The topological polar surface area (TPSA) is 159 Å². The van der Waals surface area contributed by atoms with Gasteiger partial charge in [0.1, 0.15) is 0 Å². The van der Waals surface area contributed by atoms with E-state index in [-0.39, 0.29) is 53.9 Å². The van der Waals surface area contributed by atoms with Crippen molar-refractivity contribution in [1.82, 2.24) is 15.5 Å². The third kappa shape index (κ3) is 10.7. The second-order valence-corrected chi connectivity index (χ2v) is 11.8. The molecular formula is C28H54ClN3O5. The van der Waals surface area contributed by atoms with Gasteiger partial charge in [-0.3, -0.25) is 0 Å². The maximum absolute atomic E-state index is 12.7. The first-order valence-corrected chi connectivity index (χ1v) is 13.2. The first-order chi connectivity index (χ1) is 15.7. The van der Waals surface area contributed by atoms with Gasteiger partial charge in [0.25, 0.3) is 0 Å². The van der Waals surface area contributed by atoms with Crippen LogP contribution in [0.5, 0.6) is 0 Å². The summed E-state index contributed by atoms with van der Waals surface area (Å²) in [5, 5.41) is 16.1. The SMILES string of the molecule is C.CC(C)[C@H](CN1CCC(C2=CCC(Cl)CC2)C(C)(C)C1)NC(=O)NCC1=CC=CCC1CO.O.O.O. The number of alkyl halides is 1. The zero-order chi connectivity index (χ0) is 24.0. The first-order valence-electron chi connectivity index (χ1n) is 12.8. The third-order valence-corrected chi connectivity index (χ3v) is 8.18. The molecular weight excluding hydrogens is 494 g/mol. The van der Waals surface area contributed by atoms with E-state index in [1.807, 2.05) is 12.2 Å². The molecule has 1 heterocycles. The first kappa shape index (κ1) is 37.7. The lowest BCUT2D eigenvalue weighted by atomic mass is 9.68. The van der Waals surface area contributed by atoms with Gasteiger partial charge in [0, 0.05) is 43.6 Å². The Kier molecular flexibility index (Phi) is 17.6. The minimum atomic E-state index is -0.127. The van der Waals surface area contributed by atoms with Crippen molar-refractivity contribution in [3.8, 4) is 0 Å². The van der Waals surface area contributed by atoms with Gasteiger partial charge in [-0.1, -0.05) is 65.0 Å². The number of rotatable bonds is 8. The molecule has 3 rings (SSSR count). The van der Waals surface area contributed by atoms with E-state index in [1.54, 1.807) is 5.57 Å². The van der Waals surface area contributed by atoms with Crippen LogP contribution < -0.4 is 10.6 Å². The molecule has 4 atom stereocenters. The normalized spacial score (nSPS) is 25.6. The Morgan fingerprint density at radius 1 is 1.22 bits per heavy atom. The molecule has 3 aliphatic rings. The van der Waals surface area contributed by atoms with Crippen LogP contribution in [0.1, 0.15) is 67.2 Å². The lowest BCUT2D eigenvalue weighted by Gasteiger charge is -2.47. The molecule has 0 aromatic rings. The van der Waals surface area contributed by atoms with E-state index in [0.29, 0.717) is 23.8 Å². The highest BCUT2D eigenvalue weighted by Crippen LogP contribution is 2.43. The summed E-state index contributed by atoms with van der Waals surface area (Å²) in [7, 11) is 0. The van der Waals surface area contributed by atoms with Crippen molar-refractivity contribution >= 4 is 17.6 Å². The molecule has 37 heavy (non-hydrogen) atoms. The molecule has 9 heteroatoms. The van der Waals surface area contributed by atoms with Gasteiger partial charge < -0.3 is 37.1 Å². The Morgan fingerprint density at radius 3 is 2.49 bits per heavy atom. The Hall–Kier alpha value is -1.42. The van der Waals surface area contributed by atoms with Crippen molar-refractivity contribution in [1.29, 1.82) is 0 Å². The van der Waals surface area contributed by atoms with Crippen molar-refractivity contribution in [2.75, 3.05) is 32.8 Å². The van der Waals surface area contributed by atoms with E-state index in [2.05, 4.69) is 55.4 Å². The molecule has 0 spiro atoms. The molecule has 0 saturated carbocycles. The lowest BCUT2D eigenvalue weighted by Crippen LogP contribution is -2.54. The van der Waals surface area contributed by atoms with Gasteiger partial charge in [-0.2, -0.15) is 0 Å². The number of hydrogen-bond donors (Lipinski definition) is 3. The smallest absolute Gasteiger partial charge is 0.315 e. The van der Waals surface area contributed by atoms with Crippen LogP contribution in [0.15, 0.2) is 35.5 Å². The van der Waals surface area contributed by atoms with Crippen LogP contribution in [-0.2, 0) is 0 Å². The number of hydrogen-bond acceptors (Lipinski definition) is 3. The molecule has 1 aliphatic heterocycles. The van der Waals surface area contributed by atoms with E-state index in [0.717, 1.165) is 50.9 Å². The number of aliphatic hydroxyl groups is 1. The number of nitrogens with zero attached hydrogens (tertiary/aromatic N) is 1. The second kappa shape index (κ2) is 17.2. The summed E-state index contributed by atoms with van der Waals surface area (Å²) in [6.45, 7) is 12.7. The molecule has 0 aromatic carbocycles. The molecule has 3 unspecified atom stereocenters. The number of likely N-dealkylation sites (tertiary alicyclic amines) is 1. The van der Waals surface area contributed by atoms with E-state index in [9.17, 15) is 9.90 Å². The van der Waals surface area contributed by atoms with Gasteiger partial charge in [-0.05, 0) is 61.5 Å². The largest absolute Gasteiger partial charge is 0.412 e. The van der Waals surface area contributed by atoms with Crippen LogP contribution in [0.3, 0.4) is 0 Å². The standard InChI is InChI=1S/C27H44ClN3O2.CH4.3H2O/c1-19(2)25(30-26(33)29-15-21-7-5-6-8-22(21)17-32)16-31-14-13-24(27(3,4)18-31)20-9-11-23(28)12-10-20;;;;/h5-7,9,19,22-25,32H,8,10-18H2,1-4H3,(H2,29,30,33);1H4;3*1H2/t22?,23?,24?,25-;;;;/m0..../s1. The van der Waals surface area contributed by atoms with Crippen molar-refractivity contribution in [2.24, 2.45) is 23.2 Å². The summed E-state index contributed by atoms with van der Waals surface area (Å²) in [6, 6.07) is -0.0323. The second-order valence-electron chi connectivity index (χ2n) is 11.2. The Labute approximate surface area is 229 Å². The number of urea groups is 1. The predicted octanol–water partition coefficient (Wildman–Crippen LogP) is 3.03. The van der Waals surface area contributed by atoms with Crippen LogP contribution in [0.25, 0.3) is 0 Å². The number of nitrogens with one attached hydrogen (secondary N) is 2. The molecule has 218 valence electrons. The summed E-state index contributed by atoms with van der Waals surface area (Å²) in [5.41, 5.74) is 2.91. The summed E-state index contributed by atoms with van der Waals surface area (Å²) >= 11 is 6.31. The fourth-order valence-corrected chi connectivity index (χ4v) is 5.87. The van der Waals surface area contributed by atoms with Gasteiger partial charge in [-0.15, -0.1) is 11.6 Å². The average Bonchev–Trinajstić information content (AvgIpc) is 2.77. The molecule has 0 radical (unpaired) electrons. The van der Waals surface area contributed by atoms with Crippen molar-refractivity contribution in [3.05, 3.63) is 35.5 Å². The lowest BCUT2D eigenvalue weighted by molar-refractivity contribution is 0.0609. The highest BCUT2D eigenvalue weighted by Gasteiger charge is 2.39. The highest BCUT2D eigenvalue weighted by atomic mass is 35.5. The molecule has 1 saturated heterocycles. The molecule has 0 bridgehead atoms. The Balaban J connectivity index is 0. The molecule has 1 fully saturated rings. The van der Waals surface area contributed by atoms with Gasteiger partial charge in [-0.25, -0.2) is 4.79 Å². The monoisotopic (exact) mass is 547 g/mol. The molecule has 9 N–H and O–H groups in total. The minimum Gasteiger partial charge on any atom is -0.412 e. The number of amides is 2. The summed E-state index contributed by atoms with van der Waals surface area (Å²) in [4.78, 5) is 15.2. The zero-order valence-electron chi connectivity index (χ0n) is 22.4.